The predicted molar refractivity (Wildman–Crippen MR) is 90.0 cm³/mol. The normalized spacial score (nSPS) is 20.3. The van der Waals surface area contributed by atoms with E-state index in [0.29, 0.717) is 11.6 Å². The van der Waals surface area contributed by atoms with Gasteiger partial charge in [0, 0.05) is 23.8 Å². The summed E-state index contributed by atoms with van der Waals surface area (Å²) in [7, 11) is 0. The number of nitrogens with zero attached hydrogens (tertiary/aromatic N) is 3. The van der Waals surface area contributed by atoms with Gasteiger partial charge in [-0.3, -0.25) is 4.79 Å². The molecule has 0 aromatic carbocycles. The van der Waals surface area contributed by atoms with Crippen LogP contribution in [-0.4, -0.2) is 32.3 Å². The van der Waals surface area contributed by atoms with Gasteiger partial charge in [-0.1, -0.05) is 22.9 Å². The summed E-state index contributed by atoms with van der Waals surface area (Å²) in [6.45, 7) is 4.07. The highest BCUT2D eigenvalue weighted by Gasteiger charge is 2.39. The van der Waals surface area contributed by atoms with E-state index in [1.807, 2.05) is 13.8 Å². The van der Waals surface area contributed by atoms with E-state index in [0.717, 1.165) is 27.7 Å². The fraction of sp³-hybridized carbons (Fsp3) is 0.467. The molecule has 122 valence electrons. The van der Waals surface area contributed by atoms with Gasteiger partial charge in [0.25, 0.3) is 0 Å². The Balaban J connectivity index is 1.90. The Hall–Kier alpha value is -1.73. The van der Waals surface area contributed by atoms with Crippen molar-refractivity contribution in [3.8, 4) is 10.6 Å². The Morgan fingerprint density at radius 2 is 2.22 bits per heavy atom. The van der Waals surface area contributed by atoms with Crippen LogP contribution in [0.25, 0.3) is 10.6 Å². The fourth-order valence-electron chi connectivity index (χ4n) is 2.62. The van der Waals surface area contributed by atoms with Gasteiger partial charge >= 0.3 is 5.97 Å². The van der Waals surface area contributed by atoms with Crippen LogP contribution in [0.5, 0.6) is 0 Å². The number of hydrogen-bond donors (Lipinski definition) is 2. The van der Waals surface area contributed by atoms with Gasteiger partial charge in [0.05, 0.1) is 11.5 Å². The first-order valence-corrected chi connectivity index (χ1v) is 8.64. The molecule has 1 saturated carbocycles. The zero-order valence-electron chi connectivity index (χ0n) is 12.8. The molecule has 6 nitrogen and oxygen atoms in total. The zero-order valence-corrected chi connectivity index (χ0v) is 14.4. The van der Waals surface area contributed by atoms with E-state index in [-0.39, 0.29) is 17.9 Å². The smallest absolute Gasteiger partial charge is 0.307 e. The van der Waals surface area contributed by atoms with Crippen LogP contribution in [0.4, 0.5) is 5.69 Å². The van der Waals surface area contributed by atoms with Gasteiger partial charge in [-0.2, -0.15) is 0 Å². The molecule has 2 atom stereocenters. The molecule has 3 rings (SSSR count). The summed E-state index contributed by atoms with van der Waals surface area (Å²) in [4.78, 5) is 15.3. The maximum atomic E-state index is 11.2. The maximum absolute atomic E-state index is 11.2. The third kappa shape index (κ3) is 3.30. The largest absolute Gasteiger partial charge is 0.481 e. The minimum Gasteiger partial charge on any atom is -0.481 e. The average Bonchev–Trinajstić information content (AvgIpc) is 2.85. The molecule has 0 spiro atoms. The maximum Gasteiger partial charge on any atom is 0.307 e. The number of halogens is 1. The quantitative estimate of drug-likeness (QED) is 0.798. The molecule has 8 heteroatoms. The Bertz CT molecular complexity index is 734. The zero-order chi connectivity index (χ0) is 16.6. The highest BCUT2D eigenvalue weighted by molar-refractivity contribution is 7.14. The lowest BCUT2D eigenvalue weighted by Gasteiger charge is -2.30. The molecule has 2 heterocycles. The second kappa shape index (κ2) is 6.41. The van der Waals surface area contributed by atoms with Crippen molar-refractivity contribution >= 4 is 34.6 Å². The van der Waals surface area contributed by atoms with Crippen molar-refractivity contribution in [1.29, 1.82) is 0 Å². The summed E-state index contributed by atoms with van der Waals surface area (Å²) < 4.78 is 0. The fourth-order valence-corrected chi connectivity index (χ4v) is 3.84. The van der Waals surface area contributed by atoms with Crippen molar-refractivity contribution in [3.05, 3.63) is 22.4 Å². The van der Waals surface area contributed by atoms with Gasteiger partial charge in [-0.25, -0.2) is 4.98 Å². The molecule has 1 aliphatic rings. The predicted octanol–water partition coefficient (Wildman–Crippen LogP) is 3.65. The van der Waals surface area contributed by atoms with Gasteiger partial charge in [0.2, 0.25) is 0 Å². The summed E-state index contributed by atoms with van der Waals surface area (Å²) in [6.07, 6.45) is 3.23. The van der Waals surface area contributed by atoms with Gasteiger partial charge in [-0.15, -0.1) is 10.2 Å². The number of nitrogens with one attached hydrogen (secondary N) is 1. The Kier molecular flexibility index (Phi) is 4.50. The molecule has 2 aromatic rings. The number of anilines is 1. The van der Waals surface area contributed by atoms with Crippen LogP contribution in [0, 0.1) is 5.92 Å². The molecule has 1 aliphatic carbocycles. The van der Waals surface area contributed by atoms with Crippen molar-refractivity contribution in [2.24, 2.45) is 5.92 Å². The third-order valence-corrected chi connectivity index (χ3v) is 5.19. The molecule has 2 unspecified atom stereocenters. The molecular formula is C15H17ClN4O2S. The first-order chi connectivity index (χ1) is 11.0. The van der Waals surface area contributed by atoms with Gasteiger partial charge < -0.3 is 10.4 Å². The number of aromatic nitrogens is 3. The lowest BCUT2D eigenvalue weighted by molar-refractivity contribution is -0.145. The van der Waals surface area contributed by atoms with Crippen molar-refractivity contribution in [2.75, 3.05) is 5.32 Å². The van der Waals surface area contributed by atoms with Gasteiger partial charge in [0.1, 0.15) is 10.2 Å². The van der Waals surface area contributed by atoms with E-state index in [1.165, 1.54) is 11.3 Å². The van der Waals surface area contributed by atoms with E-state index in [4.69, 9.17) is 11.6 Å². The summed E-state index contributed by atoms with van der Waals surface area (Å²) in [5.41, 5.74) is 1.68. The SMILES string of the molecule is CC(C)Nc1cc(Cl)ncc1-c1nnc(C2CCC2C(=O)O)s1. The van der Waals surface area contributed by atoms with Crippen molar-refractivity contribution in [1.82, 2.24) is 15.2 Å². The molecule has 2 aromatic heterocycles. The lowest BCUT2D eigenvalue weighted by atomic mass is 9.74. The highest BCUT2D eigenvalue weighted by Crippen LogP contribution is 2.45. The summed E-state index contributed by atoms with van der Waals surface area (Å²) >= 11 is 7.41. The average molecular weight is 353 g/mol. The lowest BCUT2D eigenvalue weighted by Crippen LogP contribution is -2.30. The summed E-state index contributed by atoms with van der Waals surface area (Å²) in [6, 6.07) is 2.00. The summed E-state index contributed by atoms with van der Waals surface area (Å²) in [5.74, 6) is -1.12. The van der Waals surface area contributed by atoms with E-state index in [9.17, 15) is 9.90 Å². The monoisotopic (exact) mass is 352 g/mol. The van der Waals surface area contributed by atoms with Crippen LogP contribution < -0.4 is 5.32 Å². The number of pyridine rings is 1. The topological polar surface area (TPSA) is 88.0 Å². The first kappa shape index (κ1) is 16.1. The summed E-state index contributed by atoms with van der Waals surface area (Å²) in [5, 5.41) is 22.9. The van der Waals surface area contributed by atoms with Crippen LogP contribution >= 0.6 is 22.9 Å². The van der Waals surface area contributed by atoms with E-state index < -0.39 is 5.97 Å². The molecule has 23 heavy (non-hydrogen) atoms. The Labute approximate surface area is 142 Å². The molecule has 0 saturated heterocycles. The number of aliphatic carboxylic acids is 1. The highest BCUT2D eigenvalue weighted by atomic mass is 35.5. The van der Waals surface area contributed by atoms with Gasteiger partial charge in [0.15, 0.2) is 5.01 Å². The molecule has 0 amide bonds. The minimum absolute atomic E-state index is 0.0273. The van der Waals surface area contributed by atoms with Crippen LogP contribution in [0.15, 0.2) is 12.3 Å². The number of rotatable bonds is 5. The molecular weight excluding hydrogens is 336 g/mol. The molecule has 0 bridgehead atoms. The standard InChI is InChI=1S/C15H17ClN4O2S/c1-7(2)18-11-5-12(16)17-6-10(11)14-20-19-13(23-14)8-3-4-9(8)15(21)22/h5-9H,3-4H2,1-2H3,(H,17,18)(H,21,22). The molecule has 0 radical (unpaired) electrons. The Morgan fingerprint density at radius 1 is 1.43 bits per heavy atom. The van der Waals surface area contributed by atoms with Crippen molar-refractivity contribution < 1.29 is 9.90 Å². The number of carboxylic acids is 1. The Morgan fingerprint density at radius 3 is 2.83 bits per heavy atom. The van der Waals surface area contributed by atoms with E-state index >= 15 is 0 Å². The molecule has 2 N–H and O–H groups in total. The number of carboxylic acid groups (broad SMARTS) is 1. The number of hydrogen-bond acceptors (Lipinski definition) is 6. The van der Waals surface area contributed by atoms with E-state index in [1.54, 1.807) is 12.3 Å². The molecule has 0 aliphatic heterocycles. The van der Waals surface area contributed by atoms with Crippen molar-refractivity contribution in [2.45, 2.75) is 38.6 Å². The van der Waals surface area contributed by atoms with Crippen LogP contribution in [0.2, 0.25) is 5.15 Å². The second-order valence-electron chi connectivity index (χ2n) is 5.93. The van der Waals surface area contributed by atoms with Gasteiger partial charge in [-0.05, 0) is 32.8 Å². The minimum atomic E-state index is -0.756. The second-order valence-corrected chi connectivity index (χ2v) is 7.32. The van der Waals surface area contributed by atoms with Crippen LogP contribution in [0.1, 0.15) is 37.6 Å². The molecule has 1 fully saturated rings. The van der Waals surface area contributed by atoms with Crippen LogP contribution in [-0.2, 0) is 4.79 Å². The third-order valence-electron chi connectivity index (χ3n) is 3.89. The van der Waals surface area contributed by atoms with Crippen molar-refractivity contribution in [3.63, 3.8) is 0 Å². The number of carbonyl (C=O) groups is 1. The first-order valence-electron chi connectivity index (χ1n) is 7.44. The van der Waals surface area contributed by atoms with E-state index in [2.05, 4.69) is 20.5 Å². The van der Waals surface area contributed by atoms with Crippen LogP contribution in [0.3, 0.4) is 0 Å².